The third-order valence-corrected chi connectivity index (χ3v) is 11.7. The Morgan fingerprint density at radius 2 is 0.902 bits per heavy atom. The van der Waals surface area contributed by atoms with Gasteiger partial charge in [0.25, 0.3) is 5.56 Å². The molecule has 21 heteroatoms. The van der Waals surface area contributed by atoms with Gasteiger partial charge in [-0.3, -0.25) is 9.36 Å². The molecule has 8 nitrogen and oxygen atoms in total. The Morgan fingerprint density at radius 3 is 1.29 bits per heavy atom. The standard InChI is InChI=1S/2C10H4Cl2N2S.C10H5ClN2OS.Cl3OP.ClH/c2*11-6-3-1-2-5-9-7(15-10(5)6)4-8(12)13-14-9;11-6-3-1-2-5-9-7(15-10(5)6)4-8(14)12-13-9;1-5(2,3)4;/h2*1-4H;1-4H,(H,12,14);;1H. The van der Waals surface area contributed by atoms with Gasteiger partial charge in [0.2, 0.25) is 0 Å². The molecule has 9 aromatic rings. The largest absolute Gasteiger partial charge is 0.339 e. The first-order valence-corrected chi connectivity index (χ1v) is 22.3. The number of H-pyrrole nitrogens is 1. The zero-order chi connectivity index (χ0) is 35.7. The van der Waals surface area contributed by atoms with E-state index in [1.807, 2.05) is 66.7 Å². The van der Waals surface area contributed by atoms with Gasteiger partial charge in [0.15, 0.2) is 10.3 Å². The van der Waals surface area contributed by atoms with Crippen LogP contribution in [0.15, 0.2) is 77.6 Å². The number of hydrogen-bond acceptors (Lipinski definition) is 10. The maximum Gasteiger partial charge on any atom is 0.339 e. The summed E-state index contributed by atoms with van der Waals surface area (Å²) in [4.78, 5) is 11.1. The Kier molecular flexibility index (Phi) is 13.6. The molecule has 0 unspecified atom stereocenters. The van der Waals surface area contributed by atoms with E-state index in [9.17, 15) is 9.36 Å². The molecule has 262 valence electrons. The summed E-state index contributed by atoms with van der Waals surface area (Å²) in [6.45, 7) is 0. The molecule has 9 rings (SSSR count). The monoisotopic (exact) mass is 932 g/mol. The number of fused-ring (bicyclic) bond motifs is 9. The van der Waals surface area contributed by atoms with Crippen LogP contribution in [0.25, 0.3) is 60.9 Å². The minimum Gasteiger partial charge on any atom is -0.271 e. The predicted octanol–water partition coefficient (Wildman–Crippen LogP) is 14.3. The van der Waals surface area contributed by atoms with Crippen LogP contribution < -0.4 is 5.56 Å². The van der Waals surface area contributed by atoms with Crippen LogP contribution in [-0.2, 0) is 4.57 Å². The second kappa shape index (κ2) is 17.1. The lowest BCUT2D eigenvalue weighted by atomic mass is 10.2. The van der Waals surface area contributed by atoms with Crippen molar-refractivity contribution in [2.45, 2.75) is 0 Å². The third-order valence-electron chi connectivity index (χ3n) is 6.53. The third kappa shape index (κ3) is 9.66. The molecular formula is C30H14Cl9N6O2PS3. The Bertz CT molecular complexity index is 2680. The van der Waals surface area contributed by atoms with E-state index in [4.69, 9.17) is 58.0 Å². The number of benzene rings is 3. The maximum absolute atomic E-state index is 11.1. The SMILES string of the molecule is Cl.Clc1cc2sc3c(Cl)cccc3c2nn1.Clc1cc2sc3c(Cl)cccc3c2nn1.O=P(Cl)(Cl)Cl.O=c1cc2sc3c(Cl)cccc3c2n[nH]1. The highest BCUT2D eigenvalue weighted by molar-refractivity contribution is 8.24. The van der Waals surface area contributed by atoms with Crippen molar-refractivity contribution < 1.29 is 4.57 Å². The van der Waals surface area contributed by atoms with E-state index in [1.165, 1.54) is 11.3 Å². The highest BCUT2D eigenvalue weighted by Gasteiger charge is 2.11. The first-order chi connectivity index (χ1) is 23.8. The zero-order valence-corrected chi connectivity index (χ0v) is 34.8. The Morgan fingerprint density at radius 1 is 0.549 bits per heavy atom. The van der Waals surface area contributed by atoms with E-state index in [0.29, 0.717) is 15.3 Å². The van der Waals surface area contributed by atoms with Gasteiger partial charge >= 0.3 is 5.20 Å². The fourth-order valence-corrected chi connectivity index (χ4v) is 9.15. The molecule has 0 fully saturated rings. The van der Waals surface area contributed by atoms with Crippen molar-refractivity contribution in [2.75, 3.05) is 0 Å². The van der Waals surface area contributed by atoms with Gasteiger partial charge < -0.3 is 0 Å². The lowest BCUT2D eigenvalue weighted by molar-refractivity contribution is 0.600. The highest BCUT2D eigenvalue weighted by atomic mass is 36.0. The van der Waals surface area contributed by atoms with Gasteiger partial charge in [-0.05, 0) is 64.1 Å². The fraction of sp³-hybridized carbons (Fsp3) is 0. The van der Waals surface area contributed by atoms with Crippen LogP contribution in [-0.4, -0.2) is 30.6 Å². The summed E-state index contributed by atoms with van der Waals surface area (Å²) in [7, 11) is 0. The molecule has 6 heterocycles. The van der Waals surface area contributed by atoms with Crippen molar-refractivity contribution in [3.05, 3.63) is 109 Å². The van der Waals surface area contributed by atoms with Gasteiger partial charge in [-0.2, -0.15) is 5.10 Å². The van der Waals surface area contributed by atoms with Crippen LogP contribution in [0.5, 0.6) is 0 Å². The lowest BCUT2D eigenvalue weighted by Gasteiger charge is -1.91. The summed E-state index contributed by atoms with van der Waals surface area (Å²) in [5.74, 6) is 0. The first kappa shape index (κ1) is 40.4. The number of nitrogens with zero attached hydrogens (tertiary/aromatic N) is 5. The summed E-state index contributed by atoms with van der Waals surface area (Å²) < 4.78 is 15.4. The lowest BCUT2D eigenvalue weighted by Crippen LogP contribution is -2.03. The van der Waals surface area contributed by atoms with Crippen LogP contribution in [0, 0.1) is 0 Å². The molecule has 0 aliphatic rings. The smallest absolute Gasteiger partial charge is 0.271 e. The average Bonchev–Trinajstić information content (AvgIpc) is 3.73. The highest BCUT2D eigenvalue weighted by Crippen LogP contribution is 2.61. The normalized spacial score (nSPS) is 11.1. The average molecular weight is 937 g/mol. The number of aromatic nitrogens is 6. The van der Waals surface area contributed by atoms with Crippen LogP contribution in [0.4, 0.5) is 0 Å². The van der Waals surface area contributed by atoms with Crippen LogP contribution in [0.3, 0.4) is 0 Å². The summed E-state index contributed by atoms with van der Waals surface area (Å²) in [5, 5.41) is 25.1. The zero-order valence-electron chi connectivity index (χ0n) is 24.6. The molecule has 51 heavy (non-hydrogen) atoms. The summed E-state index contributed by atoms with van der Waals surface area (Å²) >= 11 is 48.3. The van der Waals surface area contributed by atoms with Gasteiger partial charge in [0, 0.05) is 22.2 Å². The number of thiophene rings is 3. The number of aromatic amines is 1. The van der Waals surface area contributed by atoms with E-state index in [-0.39, 0.29) is 18.0 Å². The number of nitrogens with one attached hydrogen (secondary N) is 1. The van der Waals surface area contributed by atoms with E-state index in [1.54, 1.807) is 28.7 Å². The minimum absolute atomic E-state index is 0. The number of halogens is 9. The molecular weight excluding hydrogens is 923 g/mol. The molecule has 0 bridgehead atoms. The first-order valence-electron chi connectivity index (χ1n) is 13.5. The van der Waals surface area contributed by atoms with Crippen molar-refractivity contribution in [3.8, 4) is 0 Å². The summed E-state index contributed by atoms with van der Waals surface area (Å²) in [6.07, 6.45) is 0. The molecule has 0 atom stereocenters. The molecule has 0 aliphatic heterocycles. The van der Waals surface area contributed by atoms with E-state index in [2.05, 4.69) is 64.3 Å². The van der Waals surface area contributed by atoms with Crippen molar-refractivity contribution in [2.24, 2.45) is 0 Å². The Balaban J connectivity index is 0.000000138. The molecule has 6 aromatic heterocycles. The van der Waals surface area contributed by atoms with Gasteiger partial charge in [-0.15, -0.1) is 66.8 Å². The number of hydrogen-bond donors (Lipinski definition) is 1. The van der Waals surface area contributed by atoms with Crippen molar-refractivity contribution in [3.63, 3.8) is 0 Å². The Hall–Kier alpha value is -1.80. The molecule has 1 N–H and O–H groups in total. The van der Waals surface area contributed by atoms with E-state index in [0.717, 1.165) is 71.0 Å². The van der Waals surface area contributed by atoms with Crippen LogP contribution in [0.2, 0.25) is 25.4 Å². The topological polar surface area (TPSA) is 114 Å². The van der Waals surface area contributed by atoms with Crippen molar-refractivity contribution in [1.29, 1.82) is 0 Å². The van der Waals surface area contributed by atoms with Gasteiger partial charge in [0.05, 0.1) is 43.3 Å². The second-order valence-electron chi connectivity index (χ2n) is 9.76. The van der Waals surface area contributed by atoms with Gasteiger partial charge in [-0.25, -0.2) is 5.10 Å². The fourth-order valence-electron chi connectivity index (χ4n) is 4.62. The maximum atomic E-state index is 11.1. The molecule has 0 saturated heterocycles. The van der Waals surface area contributed by atoms with Crippen LogP contribution >= 0.6 is 143 Å². The van der Waals surface area contributed by atoms with E-state index >= 15 is 0 Å². The molecule has 0 saturated carbocycles. The van der Waals surface area contributed by atoms with Gasteiger partial charge in [0.1, 0.15) is 16.6 Å². The second-order valence-corrected chi connectivity index (χ2v) is 21.6. The van der Waals surface area contributed by atoms with Gasteiger partial charge in [-0.1, -0.05) is 94.4 Å². The van der Waals surface area contributed by atoms with Crippen molar-refractivity contribution in [1.82, 2.24) is 30.6 Å². The molecule has 3 aromatic carbocycles. The van der Waals surface area contributed by atoms with Crippen molar-refractivity contribution >= 4 is 204 Å². The molecule has 0 radical (unpaired) electrons. The number of rotatable bonds is 0. The quantitative estimate of drug-likeness (QED) is 0.151. The molecule has 0 aliphatic carbocycles. The summed E-state index contributed by atoms with van der Waals surface area (Å²) in [5.41, 5.74) is 2.34. The Labute approximate surface area is 344 Å². The van der Waals surface area contributed by atoms with E-state index < -0.39 is 5.20 Å². The van der Waals surface area contributed by atoms with Crippen LogP contribution in [0.1, 0.15) is 0 Å². The minimum atomic E-state index is -3.22. The summed E-state index contributed by atoms with van der Waals surface area (Å²) in [6, 6.07) is 22.4. The molecule has 0 amide bonds. The predicted molar refractivity (Wildman–Crippen MR) is 225 cm³/mol. The molecule has 0 spiro atoms.